The van der Waals surface area contributed by atoms with Gasteiger partial charge in [0.15, 0.2) is 0 Å². The minimum atomic E-state index is -0.564. The van der Waals surface area contributed by atoms with Crippen molar-refractivity contribution in [3.05, 3.63) is 53.0 Å². The molecule has 0 atom stereocenters. The highest BCUT2D eigenvalue weighted by Crippen LogP contribution is 2.21. The summed E-state index contributed by atoms with van der Waals surface area (Å²) in [5.41, 5.74) is 6.76. The van der Waals surface area contributed by atoms with Crippen molar-refractivity contribution < 1.29 is 18.8 Å². The second-order valence-electron chi connectivity index (χ2n) is 6.33. The molecule has 0 unspecified atom stereocenters. The summed E-state index contributed by atoms with van der Waals surface area (Å²) in [6.45, 7) is 5.31. The van der Waals surface area contributed by atoms with Gasteiger partial charge in [-0.2, -0.15) is 5.10 Å². The molecule has 8 heteroatoms. The first-order valence-electron chi connectivity index (χ1n) is 8.50. The van der Waals surface area contributed by atoms with E-state index in [1.54, 1.807) is 26.0 Å². The van der Waals surface area contributed by atoms with E-state index in [9.17, 15) is 14.4 Å². The van der Waals surface area contributed by atoms with Gasteiger partial charge >= 0.3 is 0 Å². The van der Waals surface area contributed by atoms with Gasteiger partial charge in [0.1, 0.15) is 17.2 Å². The first kappa shape index (κ1) is 18.4. The average molecular weight is 368 g/mol. The molecule has 3 amide bonds. The topological polar surface area (TPSA) is 104 Å². The van der Waals surface area contributed by atoms with Gasteiger partial charge in [0.2, 0.25) is 5.91 Å². The molecule has 2 N–H and O–H groups in total. The van der Waals surface area contributed by atoms with Gasteiger partial charge in [-0.3, -0.25) is 25.2 Å². The molecule has 1 aliphatic heterocycles. The van der Waals surface area contributed by atoms with E-state index in [0.717, 1.165) is 5.56 Å². The predicted octanol–water partition coefficient (Wildman–Crippen LogP) is 2.15. The highest BCUT2D eigenvalue weighted by molar-refractivity contribution is 6.40. The number of carbonyl (C=O) groups excluding carboxylic acids is 3. The van der Waals surface area contributed by atoms with Crippen LogP contribution in [0.1, 0.15) is 40.3 Å². The number of furan rings is 1. The lowest BCUT2D eigenvalue weighted by Gasteiger charge is -2.23. The minimum Gasteiger partial charge on any atom is -0.466 e. The van der Waals surface area contributed by atoms with Crippen molar-refractivity contribution in [2.75, 3.05) is 5.01 Å². The van der Waals surface area contributed by atoms with Crippen LogP contribution in [-0.2, 0) is 9.59 Å². The number of hydrogen-bond donors (Lipinski definition) is 2. The van der Waals surface area contributed by atoms with Gasteiger partial charge in [-0.25, -0.2) is 5.01 Å². The molecular formula is C19H20N4O4. The SMILES string of the molecule is Cc1cccc(N2N=C(C(=O)NNC(=O)c3cc(C)oc3C)CCC2=O)c1. The zero-order valence-electron chi connectivity index (χ0n) is 15.3. The molecule has 1 aliphatic rings. The molecule has 0 fully saturated rings. The Balaban J connectivity index is 1.70. The third-order valence-electron chi connectivity index (χ3n) is 4.12. The third-order valence-corrected chi connectivity index (χ3v) is 4.12. The van der Waals surface area contributed by atoms with Crippen LogP contribution in [0, 0.1) is 20.8 Å². The Hall–Kier alpha value is -3.42. The van der Waals surface area contributed by atoms with Crippen LogP contribution in [0.2, 0.25) is 0 Å². The van der Waals surface area contributed by atoms with Gasteiger partial charge in [-0.05, 0) is 44.5 Å². The first-order valence-corrected chi connectivity index (χ1v) is 8.50. The molecule has 0 saturated carbocycles. The number of hydrazone groups is 1. The molecule has 8 nitrogen and oxygen atoms in total. The van der Waals surface area contributed by atoms with Gasteiger partial charge in [-0.1, -0.05) is 12.1 Å². The van der Waals surface area contributed by atoms with Crippen molar-refractivity contribution >= 4 is 29.1 Å². The summed E-state index contributed by atoms with van der Waals surface area (Å²) in [5.74, 6) is -0.170. The zero-order valence-corrected chi connectivity index (χ0v) is 15.3. The summed E-state index contributed by atoms with van der Waals surface area (Å²) in [6, 6.07) is 8.88. The van der Waals surface area contributed by atoms with Crippen molar-refractivity contribution in [1.82, 2.24) is 10.9 Å². The van der Waals surface area contributed by atoms with Crippen LogP contribution in [0.15, 0.2) is 39.9 Å². The number of nitrogens with zero attached hydrogens (tertiary/aromatic N) is 2. The minimum absolute atomic E-state index is 0.161. The fourth-order valence-corrected chi connectivity index (χ4v) is 2.79. The van der Waals surface area contributed by atoms with E-state index in [-0.39, 0.29) is 24.5 Å². The Morgan fingerprint density at radius 3 is 2.48 bits per heavy atom. The van der Waals surface area contributed by atoms with Crippen LogP contribution in [0.3, 0.4) is 0 Å². The van der Waals surface area contributed by atoms with Crippen molar-refractivity contribution in [2.24, 2.45) is 5.10 Å². The van der Waals surface area contributed by atoms with E-state index >= 15 is 0 Å². The van der Waals surface area contributed by atoms with Gasteiger partial charge < -0.3 is 4.42 Å². The van der Waals surface area contributed by atoms with E-state index in [1.807, 2.05) is 25.1 Å². The van der Waals surface area contributed by atoms with Gasteiger partial charge in [0.25, 0.3) is 11.8 Å². The van der Waals surface area contributed by atoms with E-state index in [0.29, 0.717) is 22.8 Å². The molecule has 1 aromatic carbocycles. The second kappa shape index (κ2) is 7.45. The standard InChI is InChI=1S/C19H20N4O4/c1-11-5-4-6-14(9-11)23-17(24)8-7-16(22-23)19(26)21-20-18(25)15-10-12(2)27-13(15)3/h4-6,9-10H,7-8H2,1-3H3,(H,20,25)(H,21,26). The maximum Gasteiger partial charge on any atom is 0.285 e. The number of hydrogen-bond acceptors (Lipinski definition) is 5. The molecule has 0 bridgehead atoms. The molecular weight excluding hydrogens is 348 g/mol. The monoisotopic (exact) mass is 368 g/mol. The highest BCUT2D eigenvalue weighted by atomic mass is 16.3. The Bertz CT molecular complexity index is 945. The zero-order chi connectivity index (χ0) is 19.6. The summed E-state index contributed by atoms with van der Waals surface area (Å²) < 4.78 is 5.30. The van der Waals surface area contributed by atoms with Crippen LogP contribution < -0.4 is 15.9 Å². The van der Waals surface area contributed by atoms with Crippen LogP contribution in [0.25, 0.3) is 0 Å². The van der Waals surface area contributed by atoms with Gasteiger partial charge in [0, 0.05) is 12.8 Å². The molecule has 0 radical (unpaired) electrons. The van der Waals surface area contributed by atoms with Gasteiger partial charge in [0.05, 0.1) is 11.3 Å². The quantitative estimate of drug-likeness (QED) is 0.810. The number of nitrogens with one attached hydrogen (secondary N) is 2. The average Bonchev–Trinajstić information content (AvgIpc) is 2.98. The summed E-state index contributed by atoms with van der Waals surface area (Å²) >= 11 is 0. The molecule has 3 rings (SSSR count). The summed E-state index contributed by atoms with van der Waals surface area (Å²) in [7, 11) is 0. The van der Waals surface area contributed by atoms with Crippen molar-refractivity contribution in [3.63, 3.8) is 0 Å². The number of carbonyl (C=O) groups is 3. The molecule has 27 heavy (non-hydrogen) atoms. The number of benzene rings is 1. The summed E-state index contributed by atoms with van der Waals surface area (Å²) in [6.07, 6.45) is 0.362. The fourth-order valence-electron chi connectivity index (χ4n) is 2.79. The van der Waals surface area contributed by atoms with Crippen LogP contribution in [0.5, 0.6) is 0 Å². The molecule has 140 valence electrons. The predicted molar refractivity (Wildman–Crippen MR) is 99.1 cm³/mol. The number of aryl methyl sites for hydroxylation is 3. The van der Waals surface area contributed by atoms with Crippen molar-refractivity contribution in [3.8, 4) is 0 Å². The maximum absolute atomic E-state index is 12.4. The van der Waals surface area contributed by atoms with Crippen LogP contribution in [0.4, 0.5) is 5.69 Å². The largest absolute Gasteiger partial charge is 0.466 e. The normalized spacial score (nSPS) is 14.0. The molecule has 0 spiro atoms. The molecule has 2 aromatic rings. The number of amides is 3. The fraction of sp³-hybridized carbons (Fsp3) is 0.263. The lowest BCUT2D eigenvalue weighted by molar-refractivity contribution is -0.119. The van der Waals surface area contributed by atoms with Crippen LogP contribution >= 0.6 is 0 Å². The summed E-state index contributed by atoms with van der Waals surface area (Å²) in [5, 5.41) is 5.38. The number of hydrazine groups is 1. The van der Waals surface area contributed by atoms with Crippen LogP contribution in [-0.4, -0.2) is 23.4 Å². The van der Waals surface area contributed by atoms with E-state index < -0.39 is 11.8 Å². The Morgan fingerprint density at radius 2 is 1.81 bits per heavy atom. The molecule has 0 saturated heterocycles. The molecule has 2 heterocycles. The Labute approximate surface area is 156 Å². The van der Waals surface area contributed by atoms with E-state index in [2.05, 4.69) is 16.0 Å². The molecule has 0 aliphatic carbocycles. The van der Waals surface area contributed by atoms with Crippen molar-refractivity contribution in [2.45, 2.75) is 33.6 Å². The molecule has 1 aromatic heterocycles. The maximum atomic E-state index is 12.4. The lowest BCUT2D eigenvalue weighted by atomic mass is 10.1. The lowest BCUT2D eigenvalue weighted by Crippen LogP contribution is -2.47. The van der Waals surface area contributed by atoms with Gasteiger partial charge in [-0.15, -0.1) is 0 Å². The van der Waals surface area contributed by atoms with E-state index in [1.165, 1.54) is 5.01 Å². The smallest absolute Gasteiger partial charge is 0.285 e. The first-order chi connectivity index (χ1) is 12.8. The number of rotatable bonds is 3. The third kappa shape index (κ3) is 4.05. The number of anilines is 1. The summed E-state index contributed by atoms with van der Waals surface area (Å²) in [4.78, 5) is 36.7. The Kier molecular flexibility index (Phi) is 5.07. The highest BCUT2D eigenvalue weighted by Gasteiger charge is 2.26. The second-order valence-corrected chi connectivity index (χ2v) is 6.33. The Morgan fingerprint density at radius 1 is 1.07 bits per heavy atom. The van der Waals surface area contributed by atoms with Crippen molar-refractivity contribution in [1.29, 1.82) is 0 Å². The van der Waals surface area contributed by atoms with E-state index in [4.69, 9.17) is 4.42 Å².